The van der Waals surface area contributed by atoms with E-state index in [0.717, 1.165) is 0 Å². The normalized spacial score (nSPS) is 12.2. The van der Waals surface area contributed by atoms with Crippen molar-refractivity contribution < 1.29 is 18.7 Å². The maximum atomic E-state index is 13.6. The summed E-state index contributed by atoms with van der Waals surface area (Å²) in [6.07, 6.45) is -0.00651. The van der Waals surface area contributed by atoms with E-state index in [0.29, 0.717) is 24.3 Å². The summed E-state index contributed by atoms with van der Waals surface area (Å²) in [6.45, 7) is 2.00. The largest absolute Gasteiger partial charge is 0.451 e. The molecule has 1 atom stereocenters. The van der Waals surface area contributed by atoms with Crippen molar-refractivity contribution in [1.82, 2.24) is 5.32 Å². The van der Waals surface area contributed by atoms with E-state index in [9.17, 15) is 9.18 Å². The third-order valence-electron chi connectivity index (χ3n) is 2.82. The van der Waals surface area contributed by atoms with E-state index in [1.807, 2.05) is 0 Å². The second kappa shape index (κ2) is 6.34. The monoisotopic (exact) mass is 277 g/mol. The highest BCUT2D eigenvalue weighted by Crippen LogP contribution is 2.24. The molecular weight excluding hydrogens is 261 g/mol. The maximum Gasteiger partial charge on any atom is 0.287 e. The van der Waals surface area contributed by atoms with Crippen LogP contribution in [0.4, 0.5) is 4.39 Å². The highest BCUT2D eigenvalue weighted by Gasteiger charge is 2.13. The maximum absolute atomic E-state index is 13.6. The standard InChI is InChI=1S/C15H16FNO3/c1-10(18)8-9-17-15(19)14-7-6-13(20-14)11-4-2-3-5-12(11)16/h2-7,10,18H,8-9H2,1H3,(H,17,19). The van der Waals surface area contributed by atoms with Crippen molar-refractivity contribution in [3.63, 3.8) is 0 Å². The van der Waals surface area contributed by atoms with E-state index in [4.69, 9.17) is 9.52 Å². The zero-order valence-electron chi connectivity index (χ0n) is 11.1. The Morgan fingerprint density at radius 3 is 2.80 bits per heavy atom. The molecule has 2 aromatic rings. The average molecular weight is 277 g/mol. The first-order chi connectivity index (χ1) is 9.58. The van der Waals surface area contributed by atoms with E-state index in [2.05, 4.69) is 5.32 Å². The number of aliphatic hydroxyl groups is 1. The van der Waals surface area contributed by atoms with Gasteiger partial charge in [0.05, 0.1) is 11.7 Å². The zero-order chi connectivity index (χ0) is 14.5. The molecule has 0 aliphatic carbocycles. The highest BCUT2D eigenvalue weighted by atomic mass is 19.1. The summed E-state index contributed by atoms with van der Waals surface area (Å²) in [5.74, 6) is -0.353. The Labute approximate surface area is 116 Å². The molecule has 1 aromatic heterocycles. The molecule has 4 nitrogen and oxygen atoms in total. The fourth-order valence-corrected chi connectivity index (χ4v) is 1.75. The number of furan rings is 1. The second-order valence-electron chi connectivity index (χ2n) is 4.54. The van der Waals surface area contributed by atoms with Crippen molar-refractivity contribution in [2.75, 3.05) is 6.54 Å². The Kier molecular flexibility index (Phi) is 4.53. The number of rotatable bonds is 5. The number of hydrogen-bond donors (Lipinski definition) is 2. The molecule has 0 radical (unpaired) electrons. The van der Waals surface area contributed by atoms with Crippen LogP contribution in [-0.2, 0) is 0 Å². The minimum Gasteiger partial charge on any atom is -0.451 e. The van der Waals surface area contributed by atoms with Gasteiger partial charge in [-0.1, -0.05) is 12.1 Å². The molecule has 0 spiro atoms. The molecule has 1 amide bonds. The van der Waals surface area contributed by atoms with E-state index >= 15 is 0 Å². The van der Waals surface area contributed by atoms with Gasteiger partial charge in [0.15, 0.2) is 5.76 Å². The summed E-state index contributed by atoms with van der Waals surface area (Å²) >= 11 is 0. The van der Waals surface area contributed by atoms with Crippen LogP contribution in [0.3, 0.4) is 0 Å². The first kappa shape index (κ1) is 14.3. The van der Waals surface area contributed by atoms with Gasteiger partial charge in [0.1, 0.15) is 11.6 Å². The average Bonchev–Trinajstić information content (AvgIpc) is 2.88. The number of aliphatic hydroxyl groups excluding tert-OH is 1. The molecule has 1 heterocycles. The fourth-order valence-electron chi connectivity index (χ4n) is 1.75. The van der Waals surface area contributed by atoms with Gasteiger partial charge in [0.2, 0.25) is 0 Å². The van der Waals surface area contributed by atoms with Crippen molar-refractivity contribution in [2.45, 2.75) is 19.4 Å². The number of carbonyl (C=O) groups is 1. The number of nitrogens with one attached hydrogen (secondary N) is 1. The van der Waals surface area contributed by atoms with Crippen LogP contribution >= 0.6 is 0 Å². The lowest BCUT2D eigenvalue weighted by atomic mass is 10.1. The number of amides is 1. The van der Waals surface area contributed by atoms with Gasteiger partial charge in [0, 0.05) is 6.54 Å². The molecule has 2 rings (SSSR count). The van der Waals surface area contributed by atoms with E-state index in [1.54, 1.807) is 31.2 Å². The SMILES string of the molecule is CC(O)CCNC(=O)c1ccc(-c2ccccc2F)o1. The predicted octanol–water partition coefficient (Wildman–Crippen LogP) is 2.59. The summed E-state index contributed by atoms with van der Waals surface area (Å²) in [7, 11) is 0. The summed E-state index contributed by atoms with van der Waals surface area (Å²) in [5.41, 5.74) is 0.315. The molecule has 0 fully saturated rings. The lowest BCUT2D eigenvalue weighted by Gasteiger charge is -2.05. The Morgan fingerprint density at radius 1 is 1.35 bits per heavy atom. The van der Waals surface area contributed by atoms with E-state index in [-0.39, 0.29) is 11.7 Å². The smallest absolute Gasteiger partial charge is 0.287 e. The number of carbonyl (C=O) groups excluding carboxylic acids is 1. The molecular formula is C15H16FNO3. The molecule has 0 aliphatic heterocycles. The third kappa shape index (κ3) is 3.45. The zero-order valence-corrected chi connectivity index (χ0v) is 11.1. The number of hydrogen-bond acceptors (Lipinski definition) is 3. The van der Waals surface area contributed by atoms with Gasteiger partial charge >= 0.3 is 0 Å². The van der Waals surface area contributed by atoms with Gasteiger partial charge in [-0.2, -0.15) is 0 Å². The van der Waals surface area contributed by atoms with Crippen LogP contribution in [0.5, 0.6) is 0 Å². The molecule has 1 unspecified atom stereocenters. The highest BCUT2D eigenvalue weighted by molar-refractivity contribution is 5.92. The molecule has 0 bridgehead atoms. The minimum atomic E-state index is -0.471. The summed E-state index contributed by atoms with van der Waals surface area (Å²) < 4.78 is 18.9. The van der Waals surface area contributed by atoms with Crippen LogP contribution in [-0.4, -0.2) is 23.7 Å². The lowest BCUT2D eigenvalue weighted by molar-refractivity contribution is 0.0918. The van der Waals surface area contributed by atoms with Crippen molar-refractivity contribution in [2.24, 2.45) is 0 Å². The van der Waals surface area contributed by atoms with Crippen LogP contribution in [0.25, 0.3) is 11.3 Å². The quantitative estimate of drug-likeness (QED) is 0.883. The Balaban J connectivity index is 2.06. The van der Waals surface area contributed by atoms with Gasteiger partial charge in [-0.15, -0.1) is 0 Å². The van der Waals surface area contributed by atoms with E-state index in [1.165, 1.54) is 12.1 Å². The molecule has 2 N–H and O–H groups in total. The summed E-state index contributed by atoms with van der Waals surface area (Å²) in [5, 5.41) is 11.7. The summed E-state index contributed by atoms with van der Waals surface area (Å²) in [4.78, 5) is 11.8. The molecule has 0 saturated heterocycles. The Morgan fingerprint density at radius 2 is 2.10 bits per heavy atom. The topological polar surface area (TPSA) is 62.5 Å². The van der Waals surface area contributed by atoms with Crippen LogP contribution < -0.4 is 5.32 Å². The molecule has 5 heteroatoms. The van der Waals surface area contributed by atoms with Gasteiger partial charge < -0.3 is 14.8 Å². The second-order valence-corrected chi connectivity index (χ2v) is 4.54. The van der Waals surface area contributed by atoms with Crippen LogP contribution in [0, 0.1) is 5.82 Å². The van der Waals surface area contributed by atoms with Gasteiger partial charge in [-0.25, -0.2) is 4.39 Å². The van der Waals surface area contributed by atoms with Crippen molar-refractivity contribution in [3.05, 3.63) is 48.0 Å². The third-order valence-corrected chi connectivity index (χ3v) is 2.82. The molecule has 0 saturated carbocycles. The molecule has 106 valence electrons. The Bertz CT molecular complexity index is 592. The van der Waals surface area contributed by atoms with Crippen molar-refractivity contribution >= 4 is 5.91 Å². The fraction of sp³-hybridized carbons (Fsp3) is 0.267. The molecule has 20 heavy (non-hydrogen) atoms. The minimum absolute atomic E-state index is 0.119. The Hall–Kier alpha value is -2.14. The van der Waals surface area contributed by atoms with Crippen molar-refractivity contribution in [1.29, 1.82) is 0 Å². The van der Waals surface area contributed by atoms with Crippen LogP contribution in [0.2, 0.25) is 0 Å². The van der Waals surface area contributed by atoms with Gasteiger partial charge in [0.25, 0.3) is 5.91 Å². The number of halogens is 1. The van der Waals surface area contributed by atoms with Crippen LogP contribution in [0.1, 0.15) is 23.9 Å². The first-order valence-electron chi connectivity index (χ1n) is 6.39. The van der Waals surface area contributed by atoms with Crippen LogP contribution in [0.15, 0.2) is 40.8 Å². The molecule has 1 aromatic carbocycles. The lowest BCUT2D eigenvalue weighted by Crippen LogP contribution is -2.26. The number of benzene rings is 1. The molecule has 0 aliphatic rings. The predicted molar refractivity (Wildman–Crippen MR) is 72.7 cm³/mol. The van der Waals surface area contributed by atoms with Crippen molar-refractivity contribution in [3.8, 4) is 11.3 Å². The van der Waals surface area contributed by atoms with Gasteiger partial charge in [-0.05, 0) is 37.6 Å². The summed E-state index contributed by atoms with van der Waals surface area (Å²) in [6, 6.07) is 9.26. The first-order valence-corrected chi connectivity index (χ1v) is 6.39. The van der Waals surface area contributed by atoms with Gasteiger partial charge in [-0.3, -0.25) is 4.79 Å². The van der Waals surface area contributed by atoms with E-state index < -0.39 is 11.9 Å².